The maximum absolute atomic E-state index is 12.3. The van der Waals surface area contributed by atoms with E-state index in [1.807, 2.05) is 13.8 Å². The Balaban J connectivity index is 3.05. The van der Waals surface area contributed by atoms with Gasteiger partial charge in [-0.3, -0.25) is 4.79 Å². The lowest BCUT2D eigenvalue weighted by Gasteiger charge is -2.29. The minimum absolute atomic E-state index is 0.0435. The fourth-order valence-electron chi connectivity index (χ4n) is 2.04. The first-order valence-electron chi connectivity index (χ1n) is 6.25. The molecule has 1 aromatic rings. The molecule has 0 unspecified atom stereocenters. The van der Waals surface area contributed by atoms with Crippen molar-refractivity contribution in [1.82, 2.24) is 14.9 Å². The van der Waals surface area contributed by atoms with Crippen molar-refractivity contribution in [2.75, 3.05) is 13.2 Å². The summed E-state index contributed by atoms with van der Waals surface area (Å²) in [5, 5.41) is 18.0. The van der Waals surface area contributed by atoms with Gasteiger partial charge in [0.25, 0.3) is 5.91 Å². The number of amides is 1. The van der Waals surface area contributed by atoms with Gasteiger partial charge >= 0.3 is 5.97 Å². The second-order valence-electron chi connectivity index (χ2n) is 4.12. The molecule has 0 aliphatic rings. The molecule has 1 rings (SSSR count). The average Bonchev–Trinajstić information content (AvgIpc) is 2.87. The normalized spacial score (nSPS) is 10.7. The lowest BCUT2D eigenvalue weighted by atomic mass is 10.1. The molecule has 0 aliphatic heterocycles. The smallest absolute Gasteiger partial charge is 0.354 e. The molecule has 0 atom stereocenters. The molecule has 0 aromatic carbocycles. The number of aromatic amines is 1. The van der Waals surface area contributed by atoms with Crippen molar-refractivity contribution in [3.63, 3.8) is 0 Å². The minimum Gasteiger partial charge on any atom is -0.477 e. The highest BCUT2D eigenvalue weighted by Crippen LogP contribution is 2.14. The van der Waals surface area contributed by atoms with Crippen LogP contribution >= 0.6 is 0 Å². The average molecular weight is 269 g/mol. The summed E-state index contributed by atoms with van der Waals surface area (Å²) in [6, 6.07) is -0.0435. The van der Waals surface area contributed by atoms with Crippen molar-refractivity contribution in [1.29, 1.82) is 0 Å². The van der Waals surface area contributed by atoms with Crippen LogP contribution in [0, 0.1) is 0 Å². The molecule has 0 spiro atoms. The molecule has 0 bridgehead atoms. The summed E-state index contributed by atoms with van der Waals surface area (Å²) in [6.07, 6.45) is 2.64. The molecule has 1 heterocycles. The van der Waals surface area contributed by atoms with Crippen LogP contribution in [0.5, 0.6) is 0 Å². The van der Waals surface area contributed by atoms with E-state index in [-0.39, 0.29) is 30.6 Å². The zero-order valence-electron chi connectivity index (χ0n) is 11.1. The van der Waals surface area contributed by atoms with Crippen LogP contribution < -0.4 is 0 Å². The molecule has 1 amide bonds. The van der Waals surface area contributed by atoms with Gasteiger partial charge in [0.05, 0.1) is 12.9 Å². The Hall–Kier alpha value is -1.89. The van der Waals surface area contributed by atoms with Gasteiger partial charge < -0.3 is 20.1 Å². The van der Waals surface area contributed by atoms with E-state index in [0.717, 1.165) is 12.8 Å². The zero-order chi connectivity index (χ0) is 14.4. The Morgan fingerprint density at radius 2 is 2.05 bits per heavy atom. The lowest BCUT2D eigenvalue weighted by Crippen LogP contribution is -2.42. The number of aromatic carboxylic acids is 1. The summed E-state index contributed by atoms with van der Waals surface area (Å²) in [5.74, 6) is -1.70. The van der Waals surface area contributed by atoms with Crippen LogP contribution in [0.1, 0.15) is 47.7 Å². The molecular weight excluding hydrogens is 250 g/mol. The van der Waals surface area contributed by atoms with E-state index >= 15 is 0 Å². The third kappa shape index (κ3) is 3.31. The number of aliphatic hydroxyl groups is 1. The van der Waals surface area contributed by atoms with E-state index in [1.165, 1.54) is 11.2 Å². The molecule has 7 nitrogen and oxygen atoms in total. The number of rotatable bonds is 7. The van der Waals surface area contributed by atoms with E-state index in [4.69, 9.17) is 10.2 Å². The Labute approximate surface area is 111 Å². The lowest BCUT2D eigenvalue weighted by molar-refractivity contribution is 0.0597. The molecule has 0 aliphatic carbocycles. The molecule has 0 saturated heterocycles. The second-order valence-corrected chi connectivity index (χ2v) is 4.12. The quantitative estimate of drug-likeness (QED) is 0.676. The molecule has 0 radical (unpaired) electrons. The van der Waals surface area contributed by atoms with E-state index in [0.29, 0.717) is 0 Å². The monoisotopic (exact) mass is 269 g/mol. The number of H-pyrrole nitrogens is 1. The fraction of sp³-hybridized carbons (Fsp3) is 0.583. The van der Waals surface area contributed by atoms with Gasteiger partial charge in [-0.15, -0.1) is 0 Å². The number of imidazole rings is 1. The number of aliphatic hydroxyl groups excluding tert-OH is 1. The number of hydrogen-bond donors (Lipinski definition) is 3. The number of nitrogens with zero attached hydrogens (tertiary/aromatic N) is 2. The van der Waals surface area contributed by atoms with Crippen molar-refractivity contribution in [2.24, 2.45) is 0 Å². The van der Waals surface area contributed by atoms with E-state index in [1.54, 1.807) is 0 Å². The molecule has 3 N–H and O–H groups in total. The largest absolute Gasteiger partial charge is 0.477 e. The third-order valence-corrected chi connectivity index (χ3v) is 3.04. The van der Waals surface area contributed by atoms with Gasteiger partial charge in [0, 0.05) is 12.6 Å². The number of carbonyl (C=O) groups is 2. The summed E-state index contributed by atoms with van der Waals surface area (Å²) < 4.78 is 0. The Bertz CT molecular complexity index is 440. The number of nitrogens with one attached hydrogen (secondary N) is 1. The molecule has 0 fully saturated rings. The van der Waals surface area contributed by atoms with Gasteiger partial charge in [0.15, 0.2) is 11.4 Å². The molecule has 0 saturated carbocycles. The summed E-state index contributed by atoms with van der Waals surface area (Å²) in [6.45, 7) is 3.87. The number of aromatic nitrogens is 2. The summed E-state index contributed by atoms with van der Waals surface area (Å²) >= 11 is 0. The Kier molecular flexibility index (Phi) is 5.50. The van der Waals surface area contributed by atoms with Crippen LogP contribution in [0.4, 0.5) is 0 Å². The molecule has 7 heteroatoms. The second kappa shape index (κ2) is 6.89. The van der Waals surface area contributed by atoms with Crippen molar-refractivity contribution < 1.29 is 19.8 Å². The summed E-state index contributed by atoms with van der Waals surface area (Å²) in [5.41, 5.74) is -0.341. The minimum atomic E-state index is -1.23. The van der Waals surface area contributed by atoms with Crippen molar-refractivity contribution in [2.45, 2.75) is 32.7 Å². The van der Waals surface area contributed by atoms with Crippen LogP contribution in [0.3, 0.4) is 0 Å². The fourth-order valence-corrected chi connectivity index (χ4v) is 2.04. The highest BCUT2D eigenvalue weighted by Gasteiger charge is 2.27. The third-order valence-electron chi connectivity index (χ3n) is 3.04. The van der Waals surface area contributed by atoms with Crippen molar-refractivity contribution >= 4 is 11.9 Å². The van der Waals surface area contributed by atoms with Gasteiger partial charge in [0.2, 0.25) is 0 Å². The van der Waals surface area contributed by atoms with Crippen LogP contribution in [-0.2, 0) is 0 Å². The van der Waals surface area contributed by atoms with Crippen LogP contribution in [0.15, 0.2) is 6.33 Å². The van der Waals surface area contributed by atoms with E-state index in [2.05, 4.69) is 9.97 Å². The maximum Gasteiger partial charge on any atom is 0.354 e. The standard InChI is InChI=1S/C12H19N3O4/c1-3-8(4-2)15(5-6-16)11(17)9-10(12(18)19)14-7-13-9/h7-8,16H,3-6H2,1-2H3,(H,13,14)(H,18,19). The van der Waals surface area contributed by atoms with Crippen LogP contribution in [0.2, 0.25) is 0 Å². The highest BCUT2D eigenvalue weighted by molar-refractivity contribution is 6.02. The topological polar surface area (TPSA) is 107 Å². The number of carbonyl (C=O) groups excluding carboxylic acids is 1. The SMILES string of the molecule is CCC(CC)N(CCO)C(=O)c1nc[nH]c1C(=O)O. The number of carboxylic acid groups (broad SMARTS) is 1. The van der Waals surface area contributed by atoms with Gasteiger partial charge in [0.1, 0.15) is 0 Å². The van der Waals surface area contributed by atoms with Crippen molar-refractivity contribution in [3.05, 3.63) is 17.7 Å². The van der Waals surface area contributed by atoms with E-state index < -0.39 is 11.9 Å². The van der Waals surface area contributed by atoms with E-state index in [9.17, 15) is 9.59 Å². The Morgan fingerprint density at radius 3 is 2.53 bits per heavy atom. The first kappa shape index (κ1) is 15.2. The first-order chi connectivity index (χ1) is 9.06. The molecule has 106 valence electrons. The van der Waals surface area contributed by atoms with Gasteiger partial charge in [-0.25, -0.2) is 9.78 Å². The molecule has 1 aromatic heterocycles. The van der Waals surface area contributed by atoms with Gasteiger partial charge in [-0.2, -0.15) is 0 Å². The highest BCUT2D eigenvalue weighted by atomic mass is 16.4. The zero-order valence-corrected chi connectivity index (χ0v) is 11.1. The predicted molar refractivity (Wildman–Crippen MR) is 68.0 cm³/mol. The maximum atomic E-state index is 12.3. The Morgan fingerprint density at radius 1 is 1.42 bits per heavy atom. The van der Waals surface area contributed by atoms with Gasteiger partial charge in [-0.05, 0) is 12.8 Å². The summed E-state index contributed by atoms with van der Waals surface area (Å²) in [4.78, 5) is 31.0. The summed E-state index contributed by atoms with van der Waals surface area (Å²) in [7, 11) is 0. The van der Waals surface area contributed by atoms with Gasteiger partial charge in [-0.1, -0.05) is 13.8 Å². The van der Waals surface area contributed by atoms with Crippen LogP contribution in [-0.4, -0.2) is 56.2 Å². The number of hydrogen-bond acceptors (Lipinski definition) is 4. The van der Waals surface area contributed by atoms with Crippen molar-refractivity contribution in [3.8, 4) is 0 Å². The number of carboxylic acids is 1. The predicted octanol–water partition coefficient (Wildman–Crippen LogP) is 0.731. The molecule has 19 heavy (non-hydrogen) atoms. The van der Waals surface area contributed by atoms with Crippen LogP contribution in [0.25, 0.3) is 0 Å². The molecular formula is C12H19N3O4. The first-order valence-corrected chi connectivity index (χ1v) is 6.25.